The topological polar surface area (TPSA) is 67.0 Å². The summed E-state index contributed by atoms with van der Waals surface area (Å²) in [6.45, 7) is 1.03. The van der Waals surface area contributed by atoms with Crippen molar-refractivity contribution in [2.75, 3.05) is 13.6 Å². The van der Waals surface area contributed by atoms with Crippen molar-refractivity contribution in [1.82, 2.24) is 15.3 Å². The third-order valence-corrected chi connectivity index (χ3v) is 2.63. The Hall–Kier alpha value is -1.36. The SMILES string of the molecule is CNCC1CC(Oc2cc(=O)[nH]cn2)C1. The van der Waals surface area contributed by atoms with Crippen LogP contribution in [0.25, 0.3) is 0 Å². The molecule has 1 aromatic rings. The van der Waals surface area contributed by atoms with Crippen molar-refractivity contribution >= 4 is 0 Å². The van der Waals surface area contributed by atoms with E-state index in [9.17, 15) is 4.79 Å². The maximum absolute atomic E-state index is 11.0. The highest BCUT2D eigenvalue weighted by Gasteiger charge is 2.30. The first-order valence-electron chi connectivity index (χ1n) is 5.14. The number of nitrogens with zero attached hydrogens (tertiary/aromatic N) is 1. The summed E-state index contributed by atoms with van der Waals surface area (Å²) in [7, 11) is 1.95. The summed E-state index contributed by atoms with van der Waals surface area (Å²) in [5.41, 5.74) is -0.175. The molecule has 1 heterocycles. The largest absolute Gasteiger partial charge is 0.474 e. The van der Waals surface area contributed by atoms with E-state index >= 15 is 0 Å². The van der Waals surface area contributed by atoms with Gasteiger partial charge >= 0.3 is 0 Å². The lowest BCUT2D eigenvalue weighted by atomic mass is 9.82. The van der Waals surface area contributed by atoms with Crippen molar-refractivity contribution in [3.63, 3.8) is 0 Å². The van der Waals surface area contributed by atoms with Gasteiger partial charge in [-0.1, -0.05) is 0 Å². The van der Waals surface area contributed by atoms with Crippen LogP contribution in [-0.4, -0.2) is 29.7 Å². The van der Waals surface area contributed by atoms with Gasteiger partial charge < -0.3 is 15.0 Å². The fraction of sp³-hybridized carbons (Fsp3) is 0.600. The Bertz CT molecular complexity index is 371. The minimum atomic E-state index is -0.175. The van der Waals surface area contributed by atoms with E-state index in [0.29, 0.717) is 11.8 Å². The Labute approximate surface area is 87.9 Å². The zero-order valence-corrected chi connectivity index (χ0v) is 8.69. The molecule has 5 heteroatoms. The van der Waals surface area contributed by atoms with Crippen molar-refractivity contribution in [3.05, 3.63) is 22.7 Å². The van der Waals surface area contributed by atoms with Crippen LogP contribution in [0, 0.1) is 5.92 Å². The van der Waals surface area contributed by atoms with Gasteiger partial charge in [-0.25, -0.2) is 4.98 Å². The van der Waals surface area contributed by atoms with E-state index in [1.165, 1.54) is 12.4 Å². The van der Waals surface area contributed by atoms with E-state index in [4.69, 9.17) is 4.74 Å². The lowest BCUT2D eigenvalue weighted by molar-refractivity contribution is 0.0614. The van der Waals surface area contributed by atoms with Crippen LogP contribution in [0.3, 0.4) is 0 Å². The maximum Gasteiger partial charge on any atom is 0.254 e. The van der Waals surface area contributed by atoms with E-state index in [-0.39, 0.29) is 11.7 Å². The number of nitrogens with one attached hydrogen (secondary N) is 2. The molecule has 1 aliphatic rings. The number of hydrogen-bond donors (Lipinski definition) is 2. The van der Waals surface area contributed by atoms with E-state index in [1.807, 2.05) is 7.05 Å². The molecule has 82 valence electrons. The zero-order valence-electron chi connectivity index (χ0n) is 8.69. The molecule has 0 atom stereocenters. The van der Waals surface area contributed by atoms with Crippen molar-refractivity contribution in [1.29, 1.82) is 0 Å². The predicted molar refractivity (Wildman–Crippen MR) is 55.9 cm³/mol. The fourth-order valence-corrected chi connectivity index (χ4v) is 1.81. The second-order valence-electron chi connectivity index (χ2n) is 3.88. The molecule has 0 saturated heterocycles. The predicted octanol–water partition coefficient (Wildman–Crippen LogP) is 0.147. The second-order valence-corrected chi connectivity index (χ2v) is 3.88. The van der Waals surface area contributed by atoms with E-state index in [1.54, 1.807) is 0 Å². The van der Waals surface area contributed by atoms with E-state index < -0.39 is 0 Å². The van der Waals surface area contributed by atoms with Crippen LogP contribution in [-0.2, 0) is 0 Å². The number of rotatable bonds is 4. The van der Waals surface area contributed by atoms with Crippen LogP contribution in [0.15, 0.2) is 17.2 Å². The Morgan fingerprint density at radius 3 is 3.13 bits per heavy atom. The molecule has 2 N–H and O–H groups in total. The number of aromatic amines is 1. The molecular formula is C10H15N3O2. The van der Waals surface area contributed by atoms with Gasteiger partial charge in [0.05, 0.1) is 12.4 Å². The molecule has 0 radical (unpaired) electrons. The van der Waals surface area contributed by atoms with Gasteiger partial charge in [0.25, 0.3) is 5.56 Å². The van der Waals surface area contributed by atoms with Gasteiger partial charge in [0.2, 0.25) is 5.88 Å². The van der Waals surface area contributed by atoms with E-state index in [2.05, 4.69) is 15.3 Å². The molecule has 0 amide bonds. The molecule has 5 nitrogen and oxygen atoms in total. The number of aromatic nitrogens is 2. The normalized spacial score (nSPS) is 24.6. The Morgan fingerprint density at radius 1 is 1.67 bits per heavy atom. The Kier molecular flexibility index (Phi) is 3.01. The summed E-state index contributed by atoms with van der Waals surface area (Å²) >= 11 is 0. The Balaban J connectivity index is 1.82. The zero-order chi connectivity index (χ0) is 10.7. The third-order valence-electron chi connectivity index (χ3n) is 2.63. The standard InChI is InChI=1S/C10H15N3O2/c1-11-5-7-2-8(3-7)15-10-4-9(14)12-6-13-10/h4,6-8,11H,2-3,5H2,1H3,(H,12,13,14). The summed E-state index contributed by atoms with van der Waals surface area (Å²) in [5.74, 6) is 1.12. The van der Waals surface area contributed by atoms with Crippen LogP contribution >= 0.6 is 0 Å². The molecule has 1 fully saturated rings. The highest BCUT2D eigenvalue weighted by atomic mass is 16.5. The summed E-state index contributed by atoms with van der Waals surface area (Å²) in [5, 5.41) is 3.14. The Morgan fingerprint density at radius 2 is 2.47 bits per heavy atom. The average molecular weight is 209 g/mol. The summed E-state index contributed by atoms with van der Waals surface area (Å²) in [6, 6.07) is 1.38. The highest BCUT2D eigenvalue weighted by molar-refractivity contribution is 5.06. The van der Waals surface area contributed by atoms with Crippen LogP contribution in [0.5, 0.6) is 5.88 Å². The molecule has 15 heavy (non-hydrogen) atoms. The van der Waals surface area contributed by atoms with Gasteiger partial charge in [0.15, 0.2) is 0 Å². The van der Waals surface area contributed by atoms with Crippen molar-refractivity contribution in [2.24, 2.45) is 5.92 Å². The smallest absolute Gasteiger partial charge is 0.254 e. The summed E-state index contributed by atoms with van der Waals surface area (Å²) in [6.07, 6.45) is 3.66. The first kappa shape index (κ1) is 10.2. The highest BCUT2D eigenvalue weighted by Crippen LogP contribution is 2.29. The average Bonchev–Trinajstić information content (AvgIpc) is 2.15. The van der Waals surface area contributed by atoms with Crippen LogP contribution in [0.4, 0.5) is 0 Å². The van der Waals surface area contributed by atoms with Crippen molar-refractivity contribution in [2.45, 2.75) is 18.9 Å². The number of ether oxygens (including phenoxy) is 1. The molecule has 0 unspecified atom stereocenters. The second kappa shape index (κ2) is 4.44. The van der Waals surface area contributed by atoms with Gasteiger partial charge in [-0.3, -0.25) is 4.79 Å². The van der Waals surface area contributed by atoms with E-state index in [0.717, 1.165) is 19.4 Å². The van der Waals surface area contributed by atoms with Crippen molar-refractivity contribution in [3.8, 4) is 5.88 Å². The quantitative estimate of drug-likeness (QED) is 0.740. The summed E-state index contributed by atoms with van der Waals surface area (Å²) in [4.78, 5) is 17.4. The number of hydrogen-bond acceptors (Lipinski definition) is 4. The lowest BCUT2D eigenvalue weighted by Crippen LogP contribution is -2.38. The molecular weight excluding hydrogens is 194 g/mol. The molecule has 2 rings (SSSR count). The van der Waals surface area contributed by atoms with Gasteiger partial charge in [-0.2, -0.15) is 0 Å². The first-order valence-corrected chi connectivity index (χ1v) is 5.14. The monoisotopic (exact) mass is 209 g/mol. The van der Waals surface area contributed by atoms with Gasteiger partial charge in [-0.15, -0.1) is 0 Å². The molecule has 1 aliphatic carbocycles. The first-order chi connectivity index (χ1) is 7.28. The summed E-state index contributed by atoms with van der Waals surface area (Å²) < 4.78 is 5.55. The molecule has 1 aromatic heterocycles. The van der Waals surface area contributed by atoms with Gasteiger partial charge in [-0.05, 0) is 32.4 Å². The van der Waals surface area contributed by atoms with Crippen LogP contribution < -0.4 is 15.6 Å². The minimum absolute atomic E-state index is 0.175. The fourth-order valence-electron chi connectivity index (χ4n) is 1.81. The van der Waals surface area contributed by atoms with Crippen molar-refractivity contribution < 1.29 is 4.74 Å². The lowest BCUT2D eigenvalue weighted by Gasteiger charge is -2.34. The number of H-pyrrole nitrogens is 1. The molecule has 0 aromatic carbocycles. The molecule has 0 spiro atoms. The molecule has 0 aliphatic heterocycles. The molecule has 1 saturated carbocycles. The van der Waals surface area contributed by atoms with Gasteiger partial charge in [0.1, 0.15) is 6.10 Å². The molecule has 0 bridgehead atoms. The third kappa shape index (κ3) is 2.56. The van der Waals surface area contributed by atoms with Crippen LogP contribution in [0.2, 0.25) is 0 Å². The van der Waals surface area contributed by atoms with Crippen LogP contribution in [0.1, 0.15) is 12.8 Å². The van der Waals surface area contributed by atoms with Gasteiger partial charge in [0, 0.05) is 0 Å². The minimum Gasteiger partial charge on any atom is -0.474 e. The maximum atomic E-state index is 11.0.